The lowest BCUT2D eigenvalue weighted by Crippen LogP contribution is -2.67. The van der Waals surface area contributed by atoms with E-state index in [1.807, 2.05) is 54.6 Å². The third-order valence-electron chi connectivity index (χ3n) is 8.26. The van der Waals surface area contributed by atoms with Gasteiger partial charge in [-0.2, -0.15) is 0 Å². The molecule has 2 aliphatic heterocycles. The van der Waals surface area contributed by atoms with Crippen LogP contribution < -0.4 is 0 Å². The van der Waals surface area contributed by atoms with E-state index in [9.17, 15) is 40.9 Å². The highest BCUT2D eigenvalue weighted by Gasteiger charge is 2.64. The van der Waals surface area contributed by atoms with E-state index in [0.29, 0.717) is 10.8 Å². The maximum Gasteiger partial charge on any atom is 0.228 e. The zero-order chi connectivity index (χ0) is 29.1. The molecule has 0 spiro atoms. The predicted molar refractivity (Wildman–Crippen MR) is 145 cm³/mol. The van der Waals surface area contributed by atoms with Gasteiger partial charge in [0, 0.05) is 5.56 Å². The molecule has 11 nitrogen and oxygen atoms in total. The van der Waals surface area contributed by atoms with Crippen molar-refractivity contribution in [1.82, 2.24) is 0 Å². The lowest BCUT2D eigenvalue weighted by atomic mass is 9.84. The molecule has 218 valence electrons. The van der Waals surface area contributed by atoms with Crippen LogP contribution in [0.3, 0.4) is 0 Å². The van der Waals surface area contributed by atoms with E-state index in [1.54, 1.807) is 12.1 Å². The molecule has 0 aromatic heterocycles. The van der Waals surface area contributed by atoms with Crippen molar-refractivity contribution in [1.29, 1.82) is 0 Å². The number of ether oxygens (including phenoxy) is 3. The van der Waals surface area contributed by atoms with Crippen molar-refractivity contribution < 1.29 is 55.1 Å². The first-order valence-corrected chi connectivity index (χ1v) is 13.3. The average Bonchev–Trinajstić information content (AvgIpc) is 3.23. The van der Waals surface area contributed by atoms with Gasteiger partial charge < -0.3 is 55.1 Å². The fourth-order valence-corrected chi connectivity index (χ4v) is 6.03. The molecule has 0 radical (unpaired) electrons. The second-order valence-corrected chi connectivity index (χ2v) is 10.7. The minimum absolute atomic E-state index is 0.132. The smallest absolute Gasteiger partial charge is 0.228 e. The van der Waals surface area contributed by atoms with Gasteiger partial charge in [0.15, 0.2) is 0 Å². The van der Waals surface area contributed by atoms with Crippen LogP contribution in [0.4, 0.5) is 0 Å². The van der Waals surface area contributed by atoms with Gasteiger partial charge in [-0.05, 0) is 56.6 Å². The highest BCUT2D eigenvalue weighted by molar-refractivity contribution is 6.05. The molecule has 9 atom stereocenters. The summed E-state index contributed by atoms with van der Waals surface area (Å²) in [5, 5.41) is 89.4. The van der Waals surface area contributed by atoms with E-state index in [4.69, 9.17) is 14.2 Å². The summed E-state index contributed by atoms with van der Waals surface area (Å²) < 4.78 is 17.9. The van der Waals surface area contributed by atoms with Crippen molar-refractivity contribution in [3.05, 3.63) is 72.3 Å². The second-order valence-electron chi connectivity index (χ2n) is 10.7. The minimum Gasteiger partial charge on any atom is -0.394 e. The largest absolute Gasteiger partial charge is 0.394 e. The number of benzene rings is 4. The standard InChI is InChI=1S/C30H32O11/c31-12-22-24(34)26(36)28(38)30(40-22,41-29(14-33)27(37)25(35)23(13-32)39-29)21-7-3-6-17-10-18-8-15-4-1-2-5-16(15)9-19(18)11-20(17)21/h1-11,22-28,31-38H,12-14H2/t22-,23-,24-,25-,26+,27+,28-,29?,30-/m1/s1. The molecule has 2 saturated heterocycles. The van der Waals surface area contributed by atoms with Gasteiger partial charge >= 0.3 is 0 Å². The van der Waals surface area contributed by atoms with Crippen molar-refractivity contribution in [2.24, 2.45) is 0 Å². The van der Waals surface area contributed by atoms with Crippen molar-refractivity contribution in [3.63, 3.8) is 0 Å². The number of aliphatic hydroxyl groups is 8. The number of hydrogen-bond acceptors (Lipinski definition) is 11. The van der Waals surface area contributed by atoms with Gasteiger partial charge in [0.2, 0.25) is 11.6 Å². The Bertz CT molecular complexity index is 1580. The van der Waals surface area contributed by atoms with Crippen molar-refractivity contribution in [2.75, 3.05) is 19.8 Å². The predicted octanol–water partition coefficient (Wildman–Crippen LogP) is -0.409. The summed E-state index contributed by atoms with van der Waals surface area (Å²) in [6.45, 7) is -2.57. The van der Waals surface area contributed by atoms with Gasteiger partial charge in [-0.3, -0.25) is 0 Å². The quantitative estimate of drug-likeness (QED) is 0.141. The van der Waals surface area contributed by atoms with Crippen molar-refractivity contribution in [2.45, 2.75) is 54.3 Å². The Balaban J connectivity index is 1.60. The molecule has 0 aliphatic carbocycles. The van der Waals surface area contributed by atoms with Gasteiger partial charge in [-0.1, -0.05) is 42.5 Å². The first kappa shape index (κ1) is 28.3. The van der Waals surface area contributed by atoms with Crippen LogP contribution in [0.2, 0.25) is 0 Å². The molecule has 4 aromatic carbocycles. The van der Waals surface area contributed by atoms with E-state index in [0.717, 1.165) is 21.5 Å². The Kier molecular flexibility index (Phi) is 7.25. The number of aliphatic hydroxyl groups excluding tert-OH is 8. The van der Waals surface area contributed by atoms with Crippen LogP contribution in [-0.4, -0.2) is 109 Å². The van der Waals surface area contributed by atoms with E-state index < -0.39 is 74.1 Å². The lowest BCUT2D eigenvalue weighted by molar-refractivity contribution is -0.441. The third kappa shape index (κ3) is 4.33. The summed E-state index contributed by atoms with van der Waals surface area (Å²) in [5.41, 5.74) is 0.132. The fraction of sp³-hybridized carbons (Fsp3) is 0.400. The molecule has 6 rings (SSSR count). The summed E-state index contributed by atoms with van der Waals surface area (Å²) in [6.07, 6.45) is -12.1. The van der Waals surface area contributed by atoms with Crippen LogP contribution in [0.5, 0.6) is 0 Å². The van der Waals surface area contributed by atoms with Gasteiger partial charge in [0.05, 0.1) is 13.2 Å². The lowest BCUT2D eigenvalue weighted by Gasteiger charge is -2.51. The second kappa shape index (κ2) is 10.5. The SMILES string of the molecule is OC[C@H]1OC(CO)(O[C@@]2(c3cccc4cc5cc6ccccc6cc5cc34)O[C@H](CO)[C@@H](O)[C@H](O)[C@H]2O)[C@@H](O)[C@@H]1O. The Hall–Kier alpha value is -2.78. The molecule has 0 bridgehead atoms. The molecule has 0 saturated carbocycles. The zero-order valence-corrected chi connectivity index (χ0v) is 21.8. The third-order valence-corrected chi connectivity index (χ3v) is 8.26. The van der Waals surface area contributed by atoms with E-state index in [1.165, 1.54) is 0 Å². The monoisotopic (exact) mass is 568 g/mol. The summed E-state index contributed by atoms with van der Waals surface area (Å²) in [7, 11) is 0. The molecule has 4 aromatic rings. The molecule has 11 heteroatoms. The van der Waals surface area contributed by atoms with Crippen LogP contribution in [0.25, 0.3) is 32.3 Å². The van der Waals surface area contributed by atoms with Gasteiger partial charge in [0.1, 0.15) is 49.3 Å². The summed E-state index contributed by atoms with van der Waals surface area (Å²) >= 11 is 0. The van der Waals surface area contributed by atoms with Crippen molar-refractivity contribution in [3.8, 4) is 0 Å². The highest BCUT2D eigenvalue weighted by atomic mass is 16.8. The Morgan fingerprint density at radius 3 is 1.80 bits per heavy atom. The van der Waals surface area contributed by atoms with Crippen LogP contribution in [0, 0.1) is 0 Å². The van der Waals surface area contributed by atoms with Crippen LogP contribution in [-0.2, 0) is 20.0 Å². The Morgan fingerprint density at radius 1 is 0.610 bits per heavy atom. The summed E-state index contributed by atoms with van der Waals surface area (Å²) in [6, 6.07) is 20.6. The summed E-state index contributed by atoms with van der Waals surface area (Å²) in [5.74, 6) is -4.89. The molecule has 2 aliphatic rings. The summed E-state index contributed by atoms with van der Waals surface area (Å²) in [4.78, 5) is 0. The molecule has 2 heterocycles. The number of hydrogen-bond donors (Lipinski definition) is 8. The highest BCUT2D eigenvalue weighted by Crippen LogP contribution is 2.48. The molecular weight excluding hydrogens is 536 g/mol. The molecule has 2 fully saturated rings. The van der Waals surface area contributed by atoms with Crippen LogP contribution in [0.15, 0.2) is 66.7 Å². The van der Waals surface area contributed by atoms with E-state index >= 15 is 0 Å². The Labute approximate surface area is 234 Å². The maximum absolute atomic E-state index is 11.5. The molecular formula is C30H32O11. The first-order valence-electron chi connectivity index (χ1n) is 13.3. The van der Waals surface area contributed by atoms with Gasteiger partial charge in [0.25, 0.3) is 0 Å². The van der Waals surface area contributed by atoms with Gasteiger partial charge in [-0.25, -0.2) is 0 Å². The number of fused-ring (bicyclic) bond motifs is 3. The minimum atomic E-state index is -2.45. The maximum atomic E-state index is 11.5. The van der Waals surface area contributed by atoms with E-state index in [2.05, 4.69) is 0 Å². The van der Waals surface area contributed by atoms with E-state index in [-0.39, 0.29) is 5.56 Å². The Morgan fingerprint density at radius 2 is 1.20 bits per heavy atom. The molecule has 41 heavy (non-hydrogen) atoms. The van der Waals surface area contributed by atoms with Crippen molar-refractivity contribution >= 4 is 32.3 Å². The van der Waals surface area contributed by atoms with Gasteiger partial charge in [-0.15, -0.1) is 0 Å². The molecule has 8 N–H and O–H groups in total. The topological polar surface area (TPSA) is 190 Å². The molecule has 1 unspecified atom stereocenters. The zero-order valence-electron chi connectivity index (χ0n) is 21.8. The molecule has 0 amide bonds. The first-order chi connectivity index (χ1) is 19.7. The number of rotatable bonds is 6. The average molecular weight is 569 g/mol. The fourth-order valence-electron chi connectivity index (χ4n) is 6.03. The normalized spacial score (nSPS) is 36.0. The van der Waals surface area contributed by atoms with Crippen LogP contribution >= 0.6 is 0 Å². The van der Waals surface area contributed by atoms with Crippen LogP contribution in [0.1, 0.15) is 5.56 Å².